The average molecular weight is 155 g/mol. The Bertz CT molecular complexity index is 129. The molecule has 0 aromatic carbocycles. The van der Waals surface area contributed by atoms with Gasteiger partial charge in [0, 0.05) is 27.9 Å². The molecule has 0 aliphatic carbocycles. The maximum atomic E-state index is 9.43. The second-order valence-corrected chi connectivity index (χ2v) is 1.52. The molecule has 4 heteroatoms. The van der Waals surface area contributed by atoms with Gasteiger partial charge in [-0.15, -0.1) is 0 Å². The Hall–Kier alpha value is -1.55. The van der Waals surface area contributed by atoms with Gasteiger partial charge in [-0.2, -0.15) is 10.5 Å². The van der Waals surface area contributed by atoms with Gasteiger partial charge in [-0.25, -0.2) is 0 Å². The second-order valence-electron chi connectivity index (χ2n) is 1.52. The number of rotatable bonds is 1. The van der Waals surface area contributed by atoms with Crippen molar-refractivity contribution in [3.05, 3.63) is 0 Å². The van der Waals surface area contributed by atoms with Crippen molar-refractivity contribution in [3.63, 3.8) is 0 Å². The fraction of sp³-hybridized carbons (Fsp3) is 0.571. The summed E-state index contributed by atoms with van der Waals surface area (Å²) < 4.78 is 0. The first-order valence-electron chi connectivity index (χ1n) is 2.84. The van der Waals surface area contributed by atoms with Gasteiger partial charge in [0.1, 0.15) is 0 Å². The van der Waals surface area contributed by atoms with Crippen molar-refractivity contribution in [2.75, 3.05) is 14.1 Å². The second kappa shape index (κ2) is 23.7. The summed E-state index contributed by atoms with van der Waals surface area (Å²) in [5.74, 6) is 0. The summed E-state index contributed by atoms with van der Waals surface area (Å²) in [5.41, 5.74) is 0. The fourth-order valence-corrected chi connectivity index (χ4v) is 0. The lowest BCUT2D eigenvalue weighted by atomic mass is 11.0. The van der Waals surface area contributed by atoms with Crippen LogP contribution in [0.25, 0.3) is 0 Å². The Morgan fingerprint density at radius 1 is 1.18 bits per heavy atom. The molecule has 0 aliphatic heterocycles. The molecule has 0 fully saturated rings. The van der Waals surface area contributed by atoms with Crippen molar-refractivity contribution in [2.24, 2.45) is 0 Å². The van der Waals surface area contributed by atoms with E-state index in [-0.39, 0.29) is 0 Å². The van der Waals surface area contributed by atoms with E-state index in [0.717, 1.165) is 6.41 Å². The number of hydrogen-bond acceptors (Lipinski definition) is 3. The van der Waals surface area contributed by atoms with E-state index in [0.29, 0.717) is 0 Å². The summed E-state index contributed by atoms with van der Waals surface area (Å²) in [4.78, 5) is 10.9. The Morgan fingerprint density at radius 2 is 1.27 bits per heavy atom. The Morgan fingerprint density at radius 3 is 1.27 bits per heavy atom. The largest absolute Gasteiger partial charge is 0.351 e. The molecule has 0 heterocycles. The summed E-state index contributed by atoms with van der Waals surface area (Å²) >= 11 is 0. The molecule has 11 heavy (non-hydrogen) atoms. The van der Waals surface area contributed by atoms with Crippen molar-refractivity contribution in [3.8, 4) is 12.1 Å². The van der Waals surface area contributed by atoms with E-state index in [1.54, 1.807) is 26.2 Å². The van der Waals surface area contributed by atoms with E-state index in [1.807, 2.05) is 0 Å². The smallest absolute Gasteiger partial charge is 0.209 e. The molecule has 4 nitrogen and oxygen atoms in total. The van der Waals surface area contributed by atoms with Crippen molar-refractivity contribution in [1.29, 1.82) is 10.5 Å². The molecule has 62 valence electrons. The normalized spacial score (nSPS) is 4.55. The number of carbonyl (C=O) groups excluding carboxylic acids is 1. The zero-order valence-electron chi connectivity index (χ0n) is 7.33. The lowest BCUT2D eigenvalue weighted by molar-refractivity contribution is -0.115. The first kappa shape index (κ1) is 16.2. The molecule has 0 saturated heterocycles. The lowest BCUT2D eigenvalue weighted by Crippen LogP contribution is -2.06. The highest BCUT2D eigenvalue weighted by atomic mass is 16.1. The van der Waals surface area contributed by atoms with Gasteiger partial charge in [-0.05, 0) is 0 Å². The van der Waals surface area contributed by atoms with E-state index in [4.69, 9.17) is 10.5 Å². The zero-order chi connectivity index (χ0) is 9.70. The topological polar surface area (TPSA) is 67.9 Å². The summed E-state index contributed by atoms with van der Waals surface area (Å²) in [6, 6.07) is 3.50. The van der Waals surface area contributed by atoms with Crippen LogP contribution in [-0.2, 0) is 4.79 Å². The molecule has 0 radical (unpaired) electrons. The van der Waals surface area contributed by atoms with Crippen LogP contribution in [0.4, 0.5) is 0 Å². The third-order valence-corrected chi connectivity index (χ3v) is 0.211. The van der Waals surface area contributed by atoms with Crippen LogP contribution in [-0.4, -0.2) is 25.4 Å². The zero-order valence-corrected chi connectivity index (χ0v) is 7.33. The molecule has 0 aromatic rings. The van der Waals surface area contributed by atoms with E-state index in [1.165, 1.54) is 18.7 Å². The predicted molar refractivity (Wildman–Crippen MR) is 42.3 cm³/mol. The fourth-order valence-electron chi connectivity index (χ4n) is 0. The van der Waals surface area contributed by atoms with Gasteiger partial charge in [0.15, 0.2) is 0 Å². The monoisotopic (exact) mass is 155 g/mol. The summed E-state index contributed by atoms with van der Waals surface area (Å²) in [5, 5.41) is 14.6. The highest BCUT2D eigenvalue weighted by Crippen LogP contribution is 1.52. The van der Waals surface area contributed by atoms with Gasteiger partial charge < -0.3 is 4.90 Å². The molecule has 0 aromatic heterocycles. The molecule has 0 N–H and O–H groups in total. The van der Waals surface area contributed by atoms with Crippen molar-refractivity contribution < 1.29 is 4.79 Å². The van der Waals surface area contributed by atoms with Crippen LogP contribution >= 0.6 is 0 Å². The van der Waals surface area contributed by atoms with Crippen LogP contribution in [0.2, 0.25) is 0 Å². The van der Waals surface area contributed by atoms with Crippen LogP contribution in [0.1, 0.15) is 13.8 Å². The maximum Gasteiger partial charge on any atom is 0.209 e. The number of hydrogen-bond donors (Lipinski definition) is 0. The highest BCUT2D eigenvalue weighted by molar-refractivity contribution is 5.45. The molecule has 0 saturated carbocycles. The SMILES string of the molecule is CC#N.CC#N.CN(C)C=O. The van der Waals surface area contributed by atoms with Crippen LogP contribution in [0.5, 0.6) is 0 Å². The average Bonchev–Trinajstić information content (AvgIpc) is 1.91. The molecule has 0 unspecified atom stereocenters. The Balaban J connectivity index is -0.0000000933. The van der Waals surface area contributed by atoms with Crippen LogP contribution in [0.15, 0.2) is 0 Å². The van der Waals surface area contributed by atoms with Gasteiger partial charge in [0.05, 0.1) is 12.1 Å². The number of nitrogens with zero attached hydrogens (tertiary/aromatic N) is 3. The molecular weight excluding hydrogens is 142 g/mol. The molecule has 0 spiro atoms. The number of nitriles is 2. The van der Waals surface area contributed by atoms with Gasteiger partial charge in [-0.1, -0.05) is 0 Å². The van der Waals surface area contributed by atoms with Crippen molar-refractivity contribution in [2.45, 2.75) is 13.8 Å². The molecule has 1 amide bonds. The van der Waals surface area contributed by atoms with Gasteiger partial charge in [-0.3, -0.25) is 4.79 Å². The summed E-state index contributed by atoms with van der Waals surface area (Å²) in [7, 11) is 3.38. The Labute approximate surface area is 67.6 Å². The lowest BCUT2D eigenvalue weighted by Gasteiger charge is -1.93. The molecular formula is C7H13N3O. The third-order valence-electron chi connectivity index (χ3n) is 0.211. The molecule has 0 aliphatic rings. The van der Waals surface area contributed by atoms with Crippen LogP contribution in [0.3, 0.4) is 0 Å². The minimum absolute atomic E-state index is 0.750. The number of carbonyl (C=O) groups is 1. The summed E-state index contributed by atoms with van der Waals surface area (Å²) in [6.07, 6.45) is 0.750. The van der Waals surface area contributed by atoms with Gasteiger partial charge in [0.25, 0.3) is 0 Å². The van der Waals surface area contributed by atoms with E-state index in [9.17, 15) is 4.79 Å². The minimum Gasteiger partial charge on any atom is -0.351 e. The van der Waals surface area contributed by atoms with Crippen LogP contribution < -0.4 is 0 Å². The quantitative estimate of drug-likeness (QED) is 0.525. The van der Waals surface area contributed by atoms with Gasteiger partial charge in [0.2, 0.25) is 6.41 Å². The maximum absolute atomic E-state index is 9.43. The minimum atomic E-state index is 0.750. The predicted octanol–water partition coefficient (Wildman–Crippen LogP) is 0.764. The molecule has 0 bridgehead atoms. The Kier molecular flexibility index (Phi) is 34.9. The van der Waals surface area contributed by atoms with Crippen LogP contribution in [0, 0.1) is 22.7 Å². The van der Waals surface area contributed by atoms with Gasteiger partial charge >= 0.3 is 0 Å². The molecule has 0 rings (SSSR count). The summed E-state index contributed by atoms with van der Waals surface area (Å²) in [6.45, 7) is 2.86. The molecule has 0 atom stereocenters. The first-order valence-corrected chi connectivity index (χ1v) is 2.84. The number of amides is 1. The van der Waals surface area contributed by atoms with Crippen molar-refractivity contribution in [1.82, 2.24) is 4.90 Å². The highest BCUT2D eigenvalue weighted by Gasteiger charge is 1.68. The van der Waals surface area contributed by atoms with Crippen molar-refractivity contribution >= 4 is 6.41 Å². The van der Waals surface area contributed by atoms with E-state index < -0.39 is 0 Å². The first-order chi connectivity index (χ1) is 5.10. The van der Waals surface area contributed by atoms with E-state index >= 15 is 0 Å². The van der Waals surface area contributed by atoms with E-state index in [2.05, 4.69) is 0 Å². The standard InChI is InChI=1S/C3H7NO.2C2H3N/c1-4(2)3-5;2*1-2-3/h3H,1-2H3;2*1H3. The third kappa shape index (κ3) is 1740.